The number of amides is 1. The predicted molar refractivity (Wildman–Crippen MR) is 115 cm³/mol. The molecule has 1 unspecified atom stereocenters. The zero-order valence-corrected chi connectivity index (χ0v) is 18.2. The number of likely N-dealkylation sites (tertiary alicyclic amines) is 1. The fraction of sp³-hybridized carbons (Fsp3) is 0.409. The Kier molecular flexibility index (Phi) is 7.23. The molecule has 0 saturated carbocycles. The summed E-state index contributed by atoms with van der Waals surface area (Å²) in [5.74, 6) is -0.242. The first kappa shape index (κ1) is 22.4. The van der Waals surface area contributed by atoms with Gasteiger partial charge in [0.25, 0.3) is 0 Å². The van der Waals surface area contributed by atoms with E-state index in [1.807, 2.05) is 24.3 Å². The molecule has 1 aliphatic heterocycles. The van der Waals surface area contributed by atoms with E-state index in [2.05, 4.69) is 17.1 Å². The van der Waals surface area contributed by atoms with Gasteiger partial charge in [0.2, 0.25) is 15.9 Å². The van der Waals surface area contributed by atoms with Gasteiger partial charge in [0.05, 0.1) is 11.4 Å². The maximum absolute atomic E-state index is 13.0. The Morgan fingerprint density at radius 2 is 1.83 bits per heavy atom. The third kappa shape index (κ3) is 5.87. The zero-order valence-electron chi connectivity index (χ0n) is 17.3. The number of sulfonamides is 1. The van der Waals surface area contributed by atoms with E-state index in [1.165, 1.54) is 37.6 Å². The van der Waals surface area contributed by atoms with Crippen LogP contribution in [-0.4, -0.2) is 50.2 Å². The summed E-state index contributed by atoms with van der Waals surface area (Å²) in [6, 6.07) is 12.1. The molecule has 1 amide bonds. The minimum Gasteiger partial charge on any atom is -0.325 e. The van der Waals surface area contributed by atoms with E-state index >= 15 is 0 Å². The number of piperidine rings is 1. The van der Waals surface area contributed by atoms with Gasteiger partial charge in [0, 0.05) is 25.8 Å². The Balaban J connectivity index is 1.54. The Bertz CT molecular complexity index is 962. The van der Waals surface area contributed by atoms with Crippen molar-refractivity contribution in [2.24, 2.45) is 5.92 Å². The summed E-state index contributed by atoms with van der Waals surface area (Å²) >= 11 is 0. The fourth-order valence-corrected chi connectivity index (χ4v) is 4.78. The second-order valence-electron chi connectivity index (χ2n) is 7.94. The predicted octanol–water partition coefficient (Wildman–Crippen LogP) is 3.32. The molecule has 0 aliphatic carbocycles. The van der Waals surface area contributed by atoms with Crippen molar-refractivity contribution in [1.29, 1.82) is 0 Å². The van der Waals surface area contributed by atoms with E-state index in [0.717, 1.165) is 42.0 Å². The van der Waals surface area contributed by atoms with Crippen molar-refractivity contribution in [1.82, 2.24) is 9.21 Å². The highest BCUT2D eigenvalue weighted by molar-refractivity contribution is 7.89. The first-order valence-corrected chi connectivity index (χ1v) is 11.5. The van der Waals surface area contributed by atoms with Crippen LogP contribution in [0.4, 0.5) is 10.1 Å². The summed E-state index contributed by atoms with van der Waals surface area (Å²) < 4.78 is 39.0. The molecule has 1 fully saturated rings. The fourth-order valence-electron chi connectivity index (χ4n) is 3.66. The van der Waals surface area contributed by atoms with Gasteiger partial charge >= 0.3 is 0 Å². The van der Waals surface area contributed by atoms with Crippen molar-refractivity contribution in [2.75, 3.05) is 32.0 Å². The lowest BCUT2D eigenvalue weighted by Crippen LogP contribution is -2.35. The van der Waals surface area contributed by atoms with Crippen molar-refractivity contribution in [3.05, 3.63) is 59.9 Å². The molecule has 2 aromatic carbocycles. The van der Waals surface area contributed by atoms with Crippen LogP contribution in [0.25, 0.3) is 0 Å². The van der Waals surface area contributed by atoms with E-state index < -0.39 is 21.7 Å². The van der Waals surface area contributed by atoms with E-state index in [9.17, 15) is 17.6 Å². The molecule has 0 bridgehead atoms. The second-order valence-corrected chi connectivity index (χ2v) is 9.99. The summed E-state index contributed by atoms with van der Waals surface area (Å²) in [5, 5.41) is 2.72. The van der Waals surface area contributed by atoms with E-state index in [1.54, 1.807) is 0 Å². The molecule has 162 valence electrons. The summed E-state index contributed by atoms with van der Waals surface area (Å²) in [7, 11) is -2.55. The maximum atomic E-state index is 13.0. The quantitative estimate of drug-likeness (QED) is 0.727. The first-order valence-electron chi connectivity index (χ1n) is 10.1. The van der Waals surface area contributed by atoms with Crippen molar-refractivity contribution in [3.8, 4) is 0 Å². The van der Waals surface area contributed by atoms with Crippen LogP contribution in [0.15, 0.2) is 53.4 Å². The monoisotopic (exact) mass is 433 g/mol. The van der Waals surface area contributed by atoms with Gasteiger partial charge in [0.1, 0.15) is 5.82 Å². The van der Waals surface area contributed by atoms with Crippen LogP contribution < -0.4 is 5.32 Å². The molecule has 1 N–H and O–H groups in total. The minimum atomic E-state index is -3.87. The summed E-state index contributed by atoms with van der Waals surface area (Å²) in [5.41, 5.74) is 1.79. The minimum absolute atomic E-state index is 0.0596. The van der Waals surface area contributed by atoms with Crippen LogP contribution in [0.2, 0.25) is 0 Å². The van der Waals surface area contributed by atoms with Gasteiger partial charge in [-0.25, -0.2) is 12.8 Å². The molecule has 3 rings (SSSR count). The average Bonchev–Trinajstić information content (AvgIpc) is 2.70. The molecule has 1 heterocycles. The number of hydrogen-bond donors (Lipinski definition) is 1. The van der Waals surface area contributed by atoms with Crippen LogP contribution >= 0.6 is 0 Å². The molecule has 0 spiro atoms. The van der Waals surface area contributed by atoms with E-state index in [-0.39, 0.29) is 11.4 Å². The molecule has 0 aromatic heterocycles. The summed E-state index contributed by atoms with van der Waals surface area (Å²) in [6.07, 6.45) is 2.51. The van der Waals surface area contributed by atoms with Gasteiger partial charge in [-0.1, -0.05) is 19.1 Å². The lowest BCUT2D eigenvalue weighted by atomic mass is 10.00. The molecular formula is C22H28FN3O3S. The standard InChI is InChI=1S/C22H28FN3O3S/c1-17-4-3-13-26(14-17)15-18-5-9-20(10-6-18)24-22(27)16-25(2)30(28,29)21-11-7-19(23)8-12-21/h5-12,17H,3-4,13-16H2,1-2H3,(H,24,27). The van der Waals surface area contributed by atoms with Crippen LogP contribution in [0.3, 0.4) is 0 Å². The van der Waals surface area contributed by atoms with Gasteiger partial charge in [-0.3, -0.25) is 9.69 Å². The Morgan fingerprint density at radius 3 is 2.47 bits per heavy atom. The third-order valence-corrected chi connectivity index (χ3v) is 7.09. The summed E-state index contributed by atoms with van der Waals surface area (Å²) in [6.45, 7) is 5.04. The molecule has 1 aliphatic rings. The topological polar surface area (TPSA) is 69.7 Å². The van der Waals surface area contributed by atoms with Crippen LogP contribution in [0.5, 0.6) is 0 Å². The SMILES string of the molecule is CC1CCCN(Cc2ccc(NC(=O)CN(C)S(=O)(=O)c3ccc(F)cc3)cc2)C1. The first-order chi connectivity index (χ1) is 14.2. The third-order valence-electron chi connectivity index (χ3n) is 5.27. The molecule has 1 saturated heterocycles. The largest absolute Gasteiger partial charge is 0.325 e. The van der Waals surface area contributed by atoms with Gasteiger partial charge < -0.3 is 5.32 Å². The maximum Gasteiger partial charge on any atom is 0.243 e. The number of hydrogen-bond acceptors (Lipinski definition) is 4. The zero-order chi connectivity index (χ0) is 21.7. The smallest absolute Gasteiger partial charge is 0.243 e. The van der Waals surface area contributed by atoms with E-state index in [4.69, 9.17) is 0 Å². The number of carbonyl (C=O) groups excluding carboxylic acids is 1. The number of nitrogens with one attached hydrogen (secondary N) is 1. The Hall–Kier alpha value is -2.29. The van der Waals surface area contributed by atoms with Crippen molar-refractivity contribution < 1.29 is 17.6 Å². The highest BCUT2D eigenvalue weighted by Gasteiger charge is 2.23. The number of nitrogens with zero attached hydrogens (tertiary/aromatic N) is 2. The normalized spacial score (nSPS) is 17.8. The van der Waals surface area contributed by atoms with Gasteiger partial charge in [-0.15, -0.1) is 0 Å². The Labute approximate surface area is 177 Å². The molecule has 6 nitrogen and oxygen atoms in total. The Morgan fingerprint density at radius 1 is 1.17 bits per heavy atom. The molecule has 1 atom stereocenters. The number of carbonyl (C=O) groups is 1. The van der Waals surface area contributed by atoms with Gasteiger partial charge in [-0.05, 0) is 67.3 Å². The molecule has 0 radical (unpaired) electrons. The second kappa shape index (κ2) is 9.68. The lowest BCUT2D eigenvalue weighted by Gasteiger charge is -2.30. The van der Waals surface area contributed by atoms with Crippen LogP contribution in [0, 0.1) is 11.7 Å². The number of halogens is 1. The molecule has 2 aromatic rings. The van der Waals surface area contributed by atoms with Crippen LogP contribution in [-0.2, 0) is 21.4 Å². The van der Waals surface area contributed by atoms with Gasteiger partial charge in [0.15, 0.2) is 0 Å². The highest BCUT2D eigenvalue weighted by Crippen LogP contribution is 2.19. The molecule has 30 heavy (non-hydrogen) atoms. The van der Waals surface area contributed by atoms with Crippen molar-refractivity contribution >= 4 is 21.6 Å². The number of rotatable bonds is 7. The number of anilines is 1. The van der Waals surface area contributed by atoms with Crippen LogP contribution in [0.1, 0.15) is 25.3 Å². The number of benzene rings is 2. The average molecular weight is 434 g/mol. The summed E-state index contributed by atoms with van der Waals surface area (Å²) in [4.78, 5) is 14.7. The van der Waals surface area contributed by atoms with E-state index in [0.29, 0.717) is 5.69 Å². The van der Waals surface area contributed by atoms with Crippen molar-refractivity contribution in [3.63, 3.8) is 0 Å². The van der Waals surface area contributed by atoms with Crippen molar-refractivity contribution in [2.45, 2.75) is 31.2 Å². The lowest BCUT2D eigenvalue weighted by molar-refractivity contribution is -0.116. The number of likely N-dealkylation sites (N-methyl/N-ethyl adjacent to an activating group) is 1. The highest BCUT2D eigenvalue weighted by atomic mass is 32.2. The van der Waals surface area contributed by atoms with Gasteiger partial charge in [-0.2, -0.15) is 4.31 Å². The molecule has 8 heteroatoms. The molecular weight excluding hydrogens is 405 g/mol.